The normalized spacial score (nSPS) is 12.3. The lowest BCUT2D eigenvalue weighted by Gasteiger charge is -2.14. The first-order chi connectivity index (χ1) is 7.08. The van der Waals surface area contributed by atoms with E-state index in [0.29, 0.717) is 19.0 Å². The minimum Gasteiger partial charge on any atom is -0.391 e. The Kier molecular flexibility index (Phi) is 7.77. The van der Waals surface area contributed by atoms with Crippen LogP contribution in [0, 0.1) is 0 Å². The molecule has 0 spiro atoms. The molecule has 0 saturated carbocycles. The number of benzene rings is 1. The van der Waals surface area contributed by atoms with Gasteiger partial charge in [0.05, 0.1) is 6.10 Å². The van der Waals surface area contributed by atoms with E-state index in [-0.39, 0.29) is 18.5 Å². The molecule has 0 aromatic heterocycles. The highest BCUT2D eigenvalue weighted by molar-refractivity contribution is 6.30. The standard InChI is InChI=1S/C12H18ClNO.ClH/c1-9(2)14-8-12(15)7-10-4-3-5-11(13)6-10;/h3-6,9,12,14-15H,7-8H2,1-2H3;1H. The maximum Gasteiger partial charge on any atom is 0.0704 e. The molecular formula is C12H19Cl2NO. The number of aliphatic hydroxyl groups is 1. The van der Waals surface area contributed by atoms with Crippen LogP contribution in [0.4, 0.5) is 0 Å². The molecule has 2 nitrogen and oxygen atoms in total. The maximum absolute atomic E-state index is 9.74. The van der Waals surface area contributed by atoms with Crippen LogP contribution >= 0.6 is 24.0 Å². The van der Waals surface area contributed by atoms with Crippen molar-refractivity contribution in [2.24, 2.45) is 0 Å². The molecule has 0 saturated heterocycles. The van der Waals surface area contributed by atoms with Crippen LogP contribution < -0.4 is 5.32 Å². The highest BCUT2D eigenvalue weighted by Gasteiger charge is 2.06. The third-order valence-electron chi connectivity index (χ3n) is 2.12. The molecule has 0 aliphatic rings. The van der Waals surface area contributed by atoms with Gasteiger partial charge in [-0.15, -0.1) is 12.4 Å². The smallest absolute Gasteiger partial charge is 0.0704 e. The summed E-state index contributed by atoms with van der Waals surface area (Å²) in [4.78, 5) is 0. The van der Waals surface area contributed by atoms with E-state index in [0.717, 1.165) is 10.6 Å². The number of hydrogen-bond donors (Lipinski definition) is 2. The van der Waals surface area contributed by atoms with Crippen LogP contribution in [0.2, 0.25) is 5.02 Å². The summed E-state index contributed by atoms with van der Waals surface area (Å²) < 4.78 is 0. The summed E-state index contributed by atoms with van der Waals surface area (Å²) in [6.07, 6.45) is 0.283. The lowest BCUT2D eigenvalue weighted by molar-refractivity contribution is 0.169. The van der Waals surface area contributed by atoms with Crippen molar-refractivity contribution in [1.29, 1.82) is 0 Å². The second-order valence-corrected chi connectivity index (χ2v) is 4.49. The van der Waals surface area contributed by atoms with Gasteiger partial charge in [-0.05, 0) is 24.1 Å². The van der Waals surface area contributed by atoms with Gasteiger partial charge in [0.1, 0.15) is 0 Å². The monoisotopic (exact) mass is 263 g/mol. The summed E-state index contributed by atoms with van der Waals surface area (Å²) in [5.41, 5.74) is 1.07. The van der Waals surface area contributed by atoms with Gasteiger partial charge in [0.25, 0.3) is 0 Å². The number of hydrogen-bond acceptors (Lipinski definition) is 2. The highest BCUT2D eigenvalue weighted by atomic mass is 35.5. The molecule has 1 aromatic rings. The summed E-state index contributed by atoms with van der Waals surface area (Å²) in [7, 11) is 0. The Labute approximate surface area is 108 Å². The van der Waals surface area contributed by atoms with Crippen molar-refractivity contribution in [2.45, 2.75) is 32.4 Å². The molecule has 0 amide bonds. The molecule has 1 aromatic carbocycles. The largest absolute Gasteiger partial charge is 0.391 e. The van der Waals surface area contributed by atoms with Gasteiger partial charge in [0.2, 0.25) is 0 Å². The molecule has 1 rings (SSSR count). The molecule has 92 valence electrons. The Morgan fingerprint density at radius 2 is 2.06 bits per heavy atom. The van der Waals surface area contributed by atoms with Crippen LogP contribution in [-0.4, -0.2) is 23.8 Å². The fourth-order valence-corrected chi connectivity index (χ4v) is 1.59. The summed E-state index contributed by atoms with van der Waals surface area (Å²) in [6.45, 7) is 4.74. The van der Waals surface area contributed by atoms with Crippen LogP contribution in [0.15, 0.2) is 24.3 Å². The van der Waals surface area contributed by atoms with Crippen LogP contribution in [-0.2, 0) is 6.42 Å². The van der Waals surface area contributed by atoms with Crippen molar-refractivity contribution < 1.29 is 5.11 Å². The molecule has 2 N–H and O–H groups in total. The average Bonchev–Trinajstić information content (AvgIpc) is 2.15. The second-order valence-electron chi connectivity index (χ2n) is 4.05. The van der Waals surface area contributed by atoms with Gasteiger partial charge in [-0.1, -0.05) is 37.6 Å². The predicted molar refractivity (Wildman–Crippen MR) is 71.5 cm³/mol. The Balaban J connectivity index is 0.00000225. The van der Waals surface area contributed by atoms with Crippen molar-refractivity contribution in [3.8, 4) is 0 Å². The Hall–Kier alpha value is -0.280. The van der Waals surface area contributed by atoms with Crippen LogP contribution in [0.3, 0.4) is 0 Å². The summed E-state index contributed by atoms with van der Waals surface area (Å²) >= 11 is 5.86. The minimum absolute atomic E-state index is 0. The molecule has 1 unspecified atom stereocenters. The van der Waals surface area contributed by atoms with Crippen LogP contribution in [0.5, 0.6) is 0 Å². The van der Waals surface area contributed by atoms with Gasteiger partial charge in [-0.25, -0.2) is 0 Å². The molecule has 0 aliphatic heterocycles. The Morgan fingerprint density at radius 3 is 2.62 bits per heavy atom. The zero-order chi connectivity index (χ0) is 11.3. The second kappa shape index (κ2) is 7.91. The van der Waals surface area contributed by atoms with Crippen LogP contribution in [0.25, 0.3) is 0 Å². The van der Waals surface area contributed by atoms with E-state index in [9.17, 15) is 5.11 Å². The number of halogens is 2. The van der Waals surface area contributed by atoms with E-state index in [1.807, 2.05) is 24.3 Å². The summed E-state index contributed by atoms with van der Waals surface area (Å²) in [5.74, 6) is 0. The number of rotatable bonds is 5. The maximum atomic E-state index is 9.74. The van der Waals surface area contributed by atoms with Crippen molar-refractivity contribution in [1.82, 2.24) is 5.32 Å². The molecule has 16 heavy (non-hydrogen) atoms. The summed E-state index contributed by atoms with van der Waals surface area (Å²) in [6, 6.07) is 8.01. The van der Waals surface area contributed by atoms with Crippen molar-refractivity contribution in [3.63, 3.8) is 0 Å². The van der Waals surface area contributed by atoms with E-state index >= 15 is 0 Å². The third-order valence-corrected chi connectivity index (χ3v) is 2.36. The molecule has 0 radical (unpaired) electrons. The highest BCUT2D eigenvalue weighted by Crippen LogP contribution is 2.12. The number of nitrogens with one attached hydrogen (secondary N) is 1. The van der Waals surface area contributed by atoms with Gasteiger partial charge in [0, 0.05) is 17.6 Å². The molecule has 0 aliphatic carbocycles. The fourth-order valence-electron chi connectivity index (χ4n) is 1.38. The molecule has 0 fully saturated rings. The zero-order valence-corrected chi connectivity index (χ0v) is 11.2. The molecule has 1 atom stereocenters. The minimum atomic E-state index is -0.356. The topological polar surface area (TPSA) is 32.3 Å². The zero-order valence-electron chi connectivity index (χ0n) is 9.61. The molecule has 4 heteroatoms. The van der Waals surface area contributed by atoms with Crippen molar-refractivity contribution in [2.75, 3.05) is 6.54 Å². The Morgan fingerprint density at radius 1 is 1.38 bits per heavy atom. The van der Waals surface area contributed by atoms with Gasteiger partial charge in [-0.2, -0.15) is 0 Å². The SMILES string of the molecule is CC(C)NCC(O)Cc1cccc(Cl)c1.Cl. The quantitative estimate of drug-likeness (QED) is 0.857. The first-order valence-electron chi connectivity index (χ1n) is 5.24. The van der Waals surface area contributed by atoms with E-state index in [4.69, 9.17) is 11.6 Å². The predicted octanol–water partition coefficient (Wildman–Crippen LogP) is 2.66. The van der Waals surface area contributed by atoms with Crippen molar-refractivity contribution >= 4 is 24.0 Å². The lowest BCUT2D eigenvalue weighted by Crippen LogP contribution is -2.32. The van der Waals surface area contributed by atoms with E-state index < -0.39 is 0 Å². The number of aliphatic hydroxyl groups excluding tert-OH is 1. The van der Waals surface area contributed by atoms with E-state index in [1.165, 1.54) is 0 Å². The van der Waals surface area contributed by atoms with Gasteiger partial charge >= 0.3 is 0 Å². The van der Waals surface area contributed by atoms with Gasteiger partial charge in [-0.3, -0.25) is 0 Å². The van der Waals surface area contributed by atoms with Gasteiger partial charge < -0.3 is 10.4 Å². The molecule has 0 heterocycles. The van der Waals surface area contributed by atoms with E-state index in [1.54, 1.807) is 0 Å². The lowest BCUT2D eigenvalue weighted by atomic mass is 10.1. The average molecular weight is 264 g/mol. The first-order valence-corrected chi connectivity index (χ1v) is 5.61. The van der Waals surface area contributed by atoms with Crippen LogP contribution in [0.1, 0.15) is 19.4 Å². The summed E-state index contributed by atoms with van der Waals surface area (Å²) in [5, 5.41) is 13.7. The molecular weight excluding hydrogens is 245 g/mol. The van der Waals surface area contributed by atoms with Crippen molar-refractivity contribution in [3.05, 3.63) is 34.9 Å². The first kappa shape index (κ1) is 15.7. The van der Waals surface area contributed by atoms with E-state index in [2.05, 4.69) is 19.2 Å². The fraction of sp³-hybridized carbons (Fsp3) is 0.500. The van der Waals surface area contributed by atoms with Gasteiger partial charge in [0.15, 0.2) is 0 Å². The Bertz CT molecular complexity index is 305. The molecule has 0 bridgehead atoms. The third kappa shape index (κ3) is 6.33.